The first-order valence-corrected chi connectivity index (χ1v) is 6.09. The maximum absolute atomic E-state index is 12.0. The highest BCUT2D eigenvalue weighted by Crippen LogP contribution is 2.28. The number of nitriles is 2. The number of urea groups is 1. The Morgan fingerprint density at radius 3 is 2.57 bits per heavy atom. The van der Waals surface area contributed by atoms with Gasteiger partial charge in [-0.2, -0.15) is 10.5 Å². The summed E-state index contributed by atoms with van der Waals surface area (Å²) in [5, 5.41) is 22.7. The molecule has 1 unspecified atom stereocenters. The van der Waals surface area contributed by atoms with Crippen LogP contribution in [0.4, 0.5) is 16.2 Å². The number of para-hydroxylation sites is 2. The van der Waals surface area contributed by atoms with E-state index in [4.69, 9.17) is 10.5 Å². The molecular weight excluding hydrogens is 270 g/mol. The molecule has 7 heteroatoms. The van der Waals surface area contributed by atoms with Gasteiger partial charge in [-0.05, 0) is 19.1 Å². The molecule has 1 saturated heterocycles. The normalized spacial score (nSPS) is 16.7. The number of rotatable bonds is 3. The Hall–Kier alpha value is -3.32. The lowest BCUT2D eigenvalue weighted by atomic mass is 10.2. The number of nitrogens with zero attached hydrogens (tertiary/aromatic N) is 3. The van der Waals surface area contributed by atoms with Crippen molar-refractivity contribution in [2.45, 2.75) is 13.0 Å². The van der Waals surface area contributed by atoms with Crippen molar-refractivity contribution in [3.63, 3.8) is 0 Å². The molecule has 21 heavy (non-hydrogen) atoms. The Bertz CT molecular complexity index is 695. The van der Waals surface area contributed by atoms with Crippen LogP contribution in [-0.2, 0) is 4.79 Å². The third-order valence-electron chi connectivity index (χ3n) is 2.89. The fourth-order valence-corrected chi connectivity index (χ4v) is 1.86. The lowest BCUT2D eigenvalue weighted by Crippen LogP contribution is -2.31. The molecule has 1 heterocycles. The van der Waals surface area contributed by atoms with Gasteiger partial charge in [0.2, 0.25) is 0 Å². The van der Waals surface area contributed by atoms with Crippen molar-refractivity contribution in [3.8, 4) is 12.1 Å². The second-order valence-corrected chi connectivity index (χ2v) is 4.29. The predicted molar refractivity (Wildman–Crippen MR) is 74.9 cm³/mol. The van der Waals surface area contributed by atoms with Crippen LogP contribution in [-0.4, -0.2) is 18.0 Å². The summed E-state index contributed by atoms with van der Waals surface area (Å²) in [4.78, 5) is 24.9. The van der Waals surface area contributed by atoms with Crippen LogP contribution in [0.2, 0.25) is 0 Å². The smallest absolute Gasteiger partial charge is 0.329 e. The second kappa shape index (κ2) is 5.76. The van der Waals surface area contributed by atoms with Crippen molar-refractivity contribution in [2.75, 3.05) is 10.2 Å². The minimum absolute atomic E-state index is 0.115. The summed E-state index contributed by atoms with van der Waals surface area (Å²) in [5.41, 5.74) is 0.685. The molecular formula is C14H11N5O2. The summed E-state index contributed by atoms with van der Waals surface area (Å²) in [6.45, 7) is 1.60. The zero-order chi connectivity index (χ0) is 15.4. The number of carbonyl (C=O) groups is 2. The first-order valence-electron chi connectivity index (χ1n) is 6.09. The van der Waals surface area contributed by atoms with E-state index in [-0.39, 0.29) is 11.5 Å². The highest BCUT2D eigenvalue weighted by atomic mass is 16.2. The van der Waals surface area contributed by atoms with Gasteiger partial charge in [0.05, 0.1) is 11.4 Å². The van der Waals surface area contributed by atoms with Gasteiger partial charge in [0.1, 0.15) is 23.8 Å². The molecule has 1 fully saturated rings. The maximum Gasteiger partial charge on any atom is 0.329 e. The average molecular weight is 281 g/mol. The van der Waals surface area contributed by atoms with Gasteiger partial charge in [0.25, 0.3) is 5.91 Å². The third kappa shape index (κ3) is 2.67. The Balaban J connectivity index is 2.37. The Morgan fingerprint density at radius 2 is 2.00 bits per heavy atom. The van der Waals surface area contributed by atoms with E-state index >= 15 is 0 Å². The number of anilines is 2. The monoisotopic (exact) mass is 281 g/mol. The topological polar surface area (TPSA) is 109 Å². The number of nitrogens with one attached hydrogen (secondary N) is 2. The molecule has 1 atom stereocenters. The van der Waals surface area contributed by atoms with E-state index in [1.807, 2.05) is 0 Å². The minimum atomic E-state index is -0.588. The second-order valence-electron chi connectivity index (χ2n) is 4.29. The van der Waals surface area contributed by atoms with Crippen LogP contribution in [0.5, 0.6) is 0 Å². The average Bonchev–Trinajstić information content (AvgIpc) is 2.74. The number of benzene rings is 1. The molecule has 0 bridgehead atoms. The van der Waals surface area contributed by atoms with Gasteiger partial charge >= 0.3 is 6.03 Å². The number of allylic oxidation sites excluding steroid dienone is 1. The van der Waals surface area contributed by atoms with Crippen molar-refractivity contribution >= 4 is 23.3 Å². The highest BCUT2D eigenvalue weighted by molar-refractivity contribution is 6.22. The van der Waals surface area contributed by atoms with Crippen LogP contribution >= 0.6 is 0 Å². The summed E-state index contributed by atoms with van der Waals surface area (Å²) >= 11 is 0. The summed E-state index contributed by atoms with van der Waals surface area (Å²) in [5.74, 6) is -0.362. The molecule has 1 aliphatic heterocycles. The first kappa shape index (κ1) is 14.1. The van der Waals surface area contributed by atoms with Gasteiger partial charge < -0.3 is 10.6 Å². The van der Waals surface area contributed by atoms with Gasteiger partial charge in [-0.3, -0.25) is 4.79 Å². The van der Waals surface area contributed by atoms with E-state index in [0.717, 1.165) is 4.90 Å². The zero-order valence-corrected chi connectivity index (χ0v) is 11.1. The lowest BCUT2D eigenvalue weighted by molar-refractivity contribution is -0.117. The summed E-state index contributed by atoms with van der Waals surface area (Å²) in [7, 11) is 0. The van der Waals surface area contributed by atoms with Gasteiger partial charge in [0, 0.05) is 6.20 Å². The van der Waals surface area contributed by atoms with Crippen molar-refractivity contribution in [2.24, 2.45) is 0 Å². The van der Waals surface area contributed by atoms with Crippen molar-refractivity contribution < 1.29 is 9.59 Å². The lowest BCUT2D eigenvalue weighted by Gasteiger charge is -2.16. The van der Waals surface area contributed by atoms with Crippen LogP contribution < -0.4 is 15.5 Å². The van der Waals surface area contributed by atoms with Gasteiger partial charge in [0.15, 0.2) is 0 Å². The van der Waals surface area contributed by atoms with Gasteiger partial charge in [-0.1, -0.05) is 12.1 Å². The fourth-order valence-electron chi connectivity index (χ4n) is 1.86. The summed E-state index contributed by atoms with van der Waals surface area (Å²) < 4.78 is 0. The molecule has 7 nitrogen and oxygen atoms in total. The Labute approximate surface area is 121 Å². The van der Waals surface area contributed by atoms with Crippen molar-refractivity contribution in [1.82, 2.24) is 5.32 Å². The number of imide groups is 1. The van der Waals surface area contributed by atoms with Crippen LogP contribution in [0.25, 0.3) is 0 Å². The summed E-state index contributed by atoms with van der Waals surface area (Å²) in [6.07, 6.45) is 1.22. The van der Waals surface area contributed by atoms with E-state index in [2.05, 4.69) is 10.6 Å². The van der Waals surface area contributed by atoms with Gasteiger partial charge in [-0.15, -0.1) is 0 Å². The van der Waals surface area contributed by atoms with Crippen LogP contribution in [0.3, 0.4) is 0 Å². The molecule has 1 aromatic rings. The van der Waals surface area contributed by atoms with E-state index in [1.165, 1.54) is 6.20 Å². The maximum atomic E-state index is 12.0. The van der Waals surface area contributed by atoms with Crippen molar-refractivity contribution in [1.29, 1.82) is 10.5 Å². The van der Waals surface area contributed by atoms with E-state index in [1.54, 1.807) is 43.3 Å². The van der Waals surface area contributed by atoms with Crippen LogP contribution in [0.15, 0.2) is 36.0 Å². The minimum Gasteiger partial charge on any atom is -0.358 e. The molecule has 2 N–H and O–H groups in total. The van der Waals surface area contributed by atoms with Crippen LogP contribution in [0.1, 0.15) is 6.92 Å². The highest BCUT2D eigenvalue weighted by Gasteiger charge is 2.37. The summed E-state index contributed by atoms with van der Waals surface area (Å²) in [6, 6.07) is 8.96. The quantitative estimate of drug-likeness (QED) is 0.644. The molecule has 0 radical (unpaired) electrons. The number of hydrogen-bond donors (Lipinski definition) is 2. The molecule has 0 aliphatic carbocycles. The largest absolute Gasteiger partial charge is 0.358 e. The molecule has 1 aliphatic rings. The Kier molecular flexibility index (Phi) is 3.87. The number of carbonyl (C=O) groups excluding carboxylic acids is 2. The van der Waals surface area contributed by atoms with E-state index in [9.17, 15) is 9.59 Å². The predicted octanol–water partition coefficient (Wildman–Crippen LogP) is 1.47. The zero-order valence-electron chi connectivity index (χ0n) is 11.1. The molecule has 3 amide bonds. The molecule has 1 aromatic carbocycles. The van der Waals surface area contributed by atoms with E-state index < -0.39 is 12.1 Å². The fraction of sp³-hybridized carbons (Fsp3) is 0.143. The van der Waals surface area contributed by atoms with E-state index in [0.29, 0.717) is 11.4 Å². The number of hydrogen-bond acceptors (Lipinski definition) is 5. The van der Waals surface area contributed by atoms with Gasteiger partial charge in [-0.25, -0.2) is 9.69 Å². The molecule has 0 saturated carbocycles. The molecule has 0 aromatic heterocycles. The SMILES string of the molecule is CC1NC(=O)N(c2ccccc2NC=C(C#N)C#N)C1=O. The Morgan fingerprint density at radius 1 is 1.33 bits per heavy atom. The standard InChI is InChI=1S/C14H11N5O2/c1-9-13(20)19(14(21)18-9)12-5-3-2-4-11(12)17-8-10(6-15)7-16/h2-5,8-9,17H,1H3,(H,18,21). The van der Waals surface area contributed by atoms with Crippen molar-refractivity contribution in [3.05, 3.63) is 36.0 Å². The molecule has 0 spiro atoms. The number of amides is 3. The molecule has 2 rings (SSSR count). The molecule has 104 valence electrons. The third-order valence-corrected chi connectivity index (χ3v) is 2.89. The van der Waals surface area contributed by atoms with Crippen LogP contribution in [0, 0.1) is 22.7 Å². The first-order chi connectivity index (χ1) is 10.1.